The van der Waals surface area contributed by atoms with Crippen molar-refractivity contribution in [3.63, 3.8) is 0 Å². The minimum atomic E-state index is -0.322. The smallest absolute Gasteiger partial charge is 0.247 e. The molecule has 0 radical (unpaired) electrons. The monoisotopic (exact) mass is 405 g/mol. The minimum absolute atomic E-state index is 0.0468. The Kier molecular flexibility index (Phi) is 7.43. The molecule has 1 aliphatic rings. The first-order valence-electron chi connectivity index (χ1n) is 9.10. The van der Waals surface area contributed by atoms with Crippen molar-refractivity contribution in [2.75, 3.05) is 30.1 Å². The molecule has 0 bridgehead atoms. The van der Waals surface area contributed by atoms with E-state index in [0.29, 0.717) is 0 Å². The van der Waals surface area contributed by atoms with Crippen LogP contribution in [0.4, 0.5) is 15.8 Å². The molecule has 1 aliphatic heterocycles. The van der Waals surface area contributed by atoms with Crippen molar-refractivity contribution in [2.24, 2.45) is 5.41 Å². The predicted molar refractivity (Wildman–Crippen MR) is 113 cm³/mol. The van der Waals surface area contributed by atoms with E-state index in [9.17, 15) is 9.18 Å². The van der Waals surface area contributed by atoms with E-state index in [4.69, 9.17) is 5.11 Å². The van der Waals surface area contributed by atoms with Gasteiger partial charge in [0.2, 0.25) is 5.91 Å². The summed E-state index contributed by atoms with van der Waals surface area (Å²) in [5.74, 6) is -0.304. The molecule has 2 aromatic rings. The molecule has 3 rings (SSSR count). The maximum absolute atomic E-state index is 13.5. The van der Waals surface area contributed by atoms with Crippen LogP contribution in [0.2, 0.25) is 0 Å². The molecule has 0 spiro atoms. The van der Waals surface area contributed by atoms with E-state index in [-0.39, 0.29) is 23.2 Å². The number of benzene rings is 1. The van der Waals surface area contributed by atoms with Crippen LogP contribution in [0.15, 0.2) is 41.6 Å². The lowest BCUT2D eigenvalue weighted by Crippen LogP contribution is -2.46. The molecule has 2 N–H and O–H groups in total. The summed E-state index contributed by atoms with van der Waals surface area (Å²) in [6, 6.07) is 8.09. The van der Waals surface area contributed by atoms with E-state index in [1.165, 1.54) is 23.9 Å². The predicted octanol–water partition coefficient (Wildman–Crippen LogP) is 4.10. The molecular formula is C21H28FN3O2S. The molecule has 0 aliphatic carbocycles. The number of carbonyl (C=O) groups excluding carboxylic acids is 1. The highest BCUT2D eigenvalue weighted by Gasteiger charge is 2.45. The summed E-state index contributed by atoms with van der Waals surface area (Å²) in [6.07, 6.45) is 4.55. The Morgan fingerprint density at radius 2 is 2.04 bits per heavy atom. The molecule has 152 valence electrons. The van der Waals surface area contributed by atoms with Gasteiger partial charge in [-0.15, -0.1) is 11.8 Å². The standard InChI is InChI=1S/C20H24FN3OS.CH4O/c1-13-11-14(21)5-6-16(13)24-10-8-20(2,3)18(24)19(25)23-15-7-9-22-17(12-15)26-4;1-2/h5-7,9,11-12,18H,8,10H2,1-4H3,(H,22,23,25);2H,1H3. The summed E-state index contributed by atoms with van der Waals surface area (Å²) in [6.45, 7) is 6.86. The van der Waals surface area contributed by atoms with Crippen LogP contribution < -0.4 is 10.2 Å². The summed E-state index contributed by atoms with van der Waals surface area (Å²) in [5, 5.41) is 10.9. The number of anilines is 2. The lowest BCUT2D eigenvalue weighted by atomic mass is 9.84. The number of aromatic nitrogens is 1. The molecule has 1 fully saturated rings. The van der Waals surface area contributed by atoms with Gasteiger partial charge in [0, 0.05) is 31.2 Å². The molecule has 1 atom stereocenters. The largest absolute Gasteiger partial charge is 0.400 e. The Morgan fingerprint density at radius 1 is 1.32 bits per heavy atom. The van der Waals surface area contributed by atoms with Gasteiger partial charge in [0.1, 0.15) is 11.9 Å². The number of nitrogens with zero attached hydrogens (tertiary/aromatic N) is 2. The van der Waals surface area contributed by atoms with Crippen molar-refractivity contribution < 1.29 is 14.3 Å². The first-order chi connectivity index (χ1) is 13.3. The molecule has 1 aromatic heterocycles. The van der Waals surface area contributed by atoms with Crippen LogP contribution in [0.3, 0.4) is 0 Å². The fraction of sp³-hybridized carbons (Fsp3) is 0.429. The van der Waals surface area contributed by atoms with E-state index in [0.717, 1.165) is 42.0 Å². The van der Waals surface area contributed by atoms with E-state index < -0.39 is 0 Å². The molecule has 7 heteroatoms. The highest BCUT2D eigenvalue weighted by atomic mass is 32.2. The minimum Gasteiger partial charge on any atom is -0.400 e. The van der Waals surface area contributed by atoms with Crippen molar-refractivity contribution in [1.82, 2.24) is 4.98 Å². The average Bonchev–Trinajstić information content (AvgIpc) is 2.98. The third-order valence-electron chi connectivity index (χ3n) is 4.98. The summed E-state index contributed by atoms with van der Waals surface area (Å²) >= 11 is 1.53. The van der Waals surface area contributed by atoms with Crippen LogP contribution in [0.25, 0.3) is 0 Å². The lowest BCUT2D eigenvalue weighted by molar-refractivity contribution is -0.119. The zero-order valence-electron chi connectivity index (χ0n) is 17.0. The number of aliphatic hydroxyl groups is 1. The van der Waals surface area contributed by atoms with E-state index in [2.05, 4.69) is 29.0 Å². The number of amides is 1. The fourth-order valence-electron chi connectivity index (χ4n) is 3.60. The molecule has 1 amide bonds. The Labute approximate surface area is 170 Å². The third-order valence-corrected chi connectivity index (χ3v) is 5.62. The summed E-state index contributed by atoms with van der Waals surface area (Å²) in [7, 11) is 1.00. The average molecular weight is 406 g/mol. The van der Waals surface area contributed by atoms with Gasteiger partial charge in [0.15, 0.2) is 0 Å². The van der Waals surface area contributed by atoms with Crippen molar-refractivity contribution in [2.45, 2.75) is 38.3 Å². The van der Waals surface area contributed by atoms with Gasteiger partial charge in [-0.25, -0.2) is 9.37 Å². The first-order valence-corrected chi connectivity index (χ1v) is 10.3. The van der Waals surface area contributed by atoms with Crippen LogP contribution in [0.1, 0.15) is 25.8 Å². The van der Waals surface area contributed by atoms with Crippen LogP contribution in [-0.4, -0.2) is 41.9 Å². The second-order valence-corrected chi connectivity index (χ2v) is 8.17. The zero-order valence-corrected chi connectivity index (χ0v) is 17.8. The molecule has 2 heterocycles. The highest BCUT2D eigenvalue weighted by molar-refractivity contribution is 7.98. The normalized spacial score (nSPS) is 17.7. The zero-order chi connectivity index (χ0) is 20.9. The summed E-state index contributed by atoms with van der Waals surface area (Å²) < 4.78 is 13.5. The van der Waals surface area contributed by atoms with Crippen LogP contribution in [-0.2, 0) is 4.79 Å². The Hall–Kier alpha value is -2.12. The Balaban J connectivity index is 0.00000136. The van der Waals surface area contributed by atoms with Gasteiger partial charge in [0.05, 0.1) is 5.03 Å². The number of hydrogen-bond acceptors (Lipinski definition) is 5. The topological polar surface area (TPSA) is 65.5 Å². The lowest BCUT2D eigenvalue weighted by Gasteiger charge is -2.33. The van der Waals surface area contributed by atoms with Gasteiger partial charge >= 0.3 is 0 Å². The maximum atomic E-state index is 13.5. The second-order valence-electron chi connectivity index (χ2n) is 7.34. The van der Waals surface area contributed by atoms with Gasteiger partial charge in [-0.1, -0.05) is 13.8 Å². The van der Waals surface area contributed by atoms with E-state index >= 15 is 0 Å². The molecule has 1 aromatic carbocycles. The van der Waals surface area contributed by atoms with Gasteiger partial charge in [-0.05, 0) is 60.9 Å². The molecule has 1 saturated heterocycles. The Morgan fingerprint density at radius 3 is 2.68 bits per heavy atom. The van der Waals surface area contributed by atoms with Crippen LogP contribution in [0.5, 0.6) is 0 Å². The van der Waals surface area contributed by atoms with Crippen LogP contribution in [0, 0.1) is 18.2 Å². The number of rotatable bonds is 4. The van der Waals surface area contributed by atoms with Crippen molar-refractivity contribution >= 4 is 29.0 Å². The molecule has 1 unspecified atom stereocenters. The molecule has 5 nitrogen and oxygen atoms in total. The van der Waals surface area contributed by atoms with E-state index in [1.54, 1.807) is 18.3 Å². The SMILES string of the molecule is CO.CSc1cc(NC(=O)C2N(c3ccc(F)cc3C)CCC2(C)C)ccn1. The van der Waals surface area contributed by atoms with Crippen LogP contribution >= 0.6 is 11.8 Å². The molecule has 28 heavy (non-hydrogen) atoms. The third kappa shape index (κ3) is 4.83. The first kappa shape index (κ1) is 22.2. The van der Waals surface area contributed by atoms with Gasteiger partial charge in [0.25, 0.3) is 0 Å². The number of nitrogens with one attached hydrogen (secondary N) is 1. The number of carbonyl (C=O) groups is 1. The number of hydrogen-bond donors (Lipinski definition) is 2. The summed E-state index contributed by atoms with van der Waals surface area (Å²) in [4.78, 5) is 19.5. The van der Waals surface area contributed by atoms with Gasteiger partial charge < -0.3 is 15.3 Å². The van der Waals surface area contributed by atoms with Gasteiger partial charge in [-0.3, -0.25) is 4.79 Å². The second kappa shape index (κ2) is 9.39. The fourth-order valence-corrected chi connectivity index (χ4v) is 4.01. The Bertz CT molecular complexity index is 829. The maximum Gasteiger partial charge on any atom is 0.247 e. The quantitative estimate of drug-likeness (QED) is 0.750. The summed E-state index contributed by atoms with van der Waals surface area (Å²) in [5.41, 5.74) is 2.32. The number of aliphatic hydroxyl groups excluding tert-OH is 1. The van der Waals surface area contributed by atoms with Gasteiger partial charge in [-0.2, -0.15) is 0 Å². The molecule has 0 saturated carbocycles. The van der Waals surface area contributed by atoms with Crippen molar-refractivity contribution in [3.05, 3.63) is 47.9 Å². The number of thioether (sulfide) groups is 1. The van der Waals surface area contributed by atoms with Crippen molar-refractivity contribution in [3.8, 4) is 0 Å². The number of pyridine rings is 1. The van der Waals surface area contributed by atoms with E-state index in [1.807, 2.05) is 19.2 Å². The highest BCUT2D eigenvalue weighted by Crippen LogP contribution is 2.40. The van der Waals surface area contributed by atoms with Crippen molar-refractivity contribution in [1.29, 1.82) is 0 Å². The molecular weight excluding hydrogens is 377 g/mol. The number of aryl methyl sites for hydroxylation is 1. The number of halogens is 1.